The standard InChI is InChI=1S/C14H26N4/c1-11-8-13(16-15-11)10-17(4)9-12-6-7-18(5)14(12,2)3/h8,12H,6-7,9-10H2,1-5H3,(H,15,16). The van der Waals surface area contributed by atoms with E-state index in [-0.39, 0.29) is 0 Å². The highest BCUT2D eigenvalue weighted by atomic mass is 15.2. The largest absolute Gasteiger partial charge is 0.301 e. The molecular weight excluding hydrogens is 224 g/mol. The molecule has 1 N–H and O–H groups in total. The van der Waals surface area contributed by atoms with Crippen molar-refractivity contribution in [2.75, 3.05) is 27.2 Å². The van der Waals surface area contributed by atoms with Crippen molar-refractivity contribution >= 4 is 0 Å². The minimum Gasteiger partial charge on any atom is -0.301 e. The van der Waals surface area contributed by atoms with Crippen molar-refractivity contribution in [2.24, 2.45) is 5.92 Å². The first-order valence-electron chi connectivity index (χ1n) is 6.80. The molecule has 0 bridgehead atoms. The van der Waals surface area contributed by atoms with Gasteiger partial charge in [0, 0.05) is 24.3 Å². The summed E-state index contributed by atoms with van der Waals surface area (Å²) in [4.78, 5) is 4.87. The lowest BCUT2D eigenvalue weighted by molar-refractivity contribution is 0.140. The minimum absolute atomic E-state index is 0.315. The Labute approximate surface area is 110 Å². The van der Waals surface area contributed by atoms with Gasteiger partial charge in [0.15, 0.2) is 0 Å². The molecule has 2 heterocycles. The summed E-state index contributed by atoms with van der Waals surface area (Å²) >= 11 is 0. The van der Waals surface area contributed by atoms with Crippen LogP contribution in [-0.4, -0.2) is 52.7 Å². The Morgan fingerprint density at radius 2 is 2.28 bits per heavy atom. The maximum absolute atomic E-state index is 4.30. The van der Waals surface area contributed by atoms with E-state index in [2.05, 4.69) is 54.0 Å². The number of aromatic nitrogens is 2. The molecule has 0 aromatic carbocycles. The predicted molar refractivity (Wildman–Crippen MR) is 74.5 cm³/mol. The third kappa shape index (κ3) is 2.75. The molecule has 4 heteroatoms. The smallest absolute Gasteiger partial charge is 0.0764 e. The number of aryl methyl sites for hydroxylation is 1. The van der Waals surface area contributed by atoms with Gasteiger partial charge in [-0.2, -0.15) is 5.10 Å². The molecule has 1 aliphatic rings. The lowest BCUT2D eigenvalue weighted by Gasteiger charge is -2.35. The van der Waals surface area contributed by atoms with E-state index in [0.29, 0.717) is 5.54 Å². The molecule has 0 spiro atoms. The number of rotatable bonds is 4. The summed E-state index contributed by atoms with van der Waals surface area (Å²) in [5.41, 5.74) is 2.59. The van der Waals surface area contributed by atoms with Crippen molar-refractivity contribution < 1.29 is 0 Å². The van der Waals surface area contributed by atoms with E-state index >= 15 is 0 Å². The molecule has 1 fully saturated rings. The van der Waals surface area contributed by atoms with Gasteiger partial charge in [0.05, 0.1) is 5.69 Å². The summed E-state index contributed by atoms with van der Waals surface area (Å²) < 4.78 is 0. The van der Waals surface area contributed by atoms with Crippen molar-refractivity contribution in [3.05, 3.63) is 17.5 Å². The number of hydrogen-bond donors (Lipinski definition) is 1. The molecule has 1 saturated heterocycles. The van der Waals surface area contributed by atoms with Gasteiger partial charge in [-0.1, -0.05) is 0 Å². The molecular formula is C14H26N4. The topological polar surface area (TPSA) is 35.2 Å². The zero-order valence-electron chi connectivity index (χ0n) is 12.3. The van der Waals surface area contributed by atoms with Crippen LogP contribution in [0.15, 0.2) is 6.07 Å². The van der Waals surface area contributed by atoms with E-state index in [0.717, 1.165) is 30.4 Å². The number of H-pyrrole nitrogens is 1. The maximum Gasteiger partial charge on any atom is 0.0764 e. The van der Waals surface area contributed by atoms with Crippen LogP contribution in [0.4, 0.5) is 0 Å². The second-order valence-electron chi connectivity index (χ2n) is 6.30. The zero-order valence-corrected chi connectivity index (χ0v) is 12.3. The molecule has 0 aliphatic carbocycles. The van der Waals surface area contributed by atoms with Gasteiger partial charge in [0.2, 0.25) is 0 Å². The monoisotopic (exact) mass is 250 g/mol. The van der Waals surface area contributed by atoms with Crippen LogP contribution >= 0.6 is 0 Å². The first-order valence-corrected chi connectivity index (χ1v) is 6.80. The first-order chi connectivity index (χ1) is 8.39. The number of likely N-dealkylation sites (tertiary alicyclic amines) is 1. The molecule has 1 atom stereocenters. The number of hydrogen-bond acceptors (Lipinski definition) is 3. The Morgan fingerprint density at radius 1 is 1.56 bits per heavy atom. The van der Waals surface area contributed by atoms with Crippen LogP contribution in [0.1, 0.15) is 31.7 Å². The molecule has 0 saturated carbocycles. The lowest BCUT2D eigenvalue weighted by Crippen LogP contribution is -2.43. The van der Waals surface area contributed by atoms with Crippen LogP contribution in [0.5, 0.6) is 0 Å². The van der Waals surface area contributed by atoms with Crippen LogP contribution in [-0.2, 0) is 6.54 Å². The lowest BCUT2D eigenvalue weighted by atomic mass is 9.88. The summed E-state index contributed by atoms with van der Waals surface area (Å²) in [7, 11) is 4.43. The number of nitrogens with zero attached hydrogens (tertiary/aromatic N) is 3. The van der Waals surface area contributed by atoms with E-state index in [1.807, 2.05) is 6.92 Å². The predicted octanol–water partition coefficient (Wildman–Crippen LogP) is 1.88. The Hall–Kier alpha value is -0.870. The van der Waals surface area contributed by atoms with Crippen LogP contribution < -0.4 is 0 Å². The van der Waals surface area contributed by atoms with Crippen molar-refractivity contribution in [3.8, 4) is 0 Å². The molecule has 0 radical (unpaired) electrons. The minimum atomic E-state index is 0.315. The maximum atomic E-state index is 4.30. The summed E-state index contributed by atoms with van der Waals surface area (Å²) in [6, 6.07) is 2.13. The van der Waals surface area contributed by atoms with Crippen LogP contribution in [0.3, 0.4) is 0 Å². The van der Waals surface area contributed by atoms with Gasteiger partial charge in [-0.3, -0.25) is 5.10 Å². The summed E-state index contributed by atoms with van der Waals surface area (Å²) in [6.07, 6.45) is 1.30. The molecule has 102 valence electrons. The van der Waals surface area contributed by atoms with Crippen molar-refractivity contribution in [2.45, 2.75) is 39.3 Å². The van der Waals surface area contributed by atoms with Crippen LogP contribution in [0, 0.1) is 12.8 Å². The average Bonchev–Trinajstić information content (AvgIpc) is 2.77. The van der Waals surface area contributed by atoms with Gasteiger partial charge in [-0.05, 0) is 59.8 Å². The van der Waals surface area contributed by atoms with E-state index in [1.54, 1.807) is 0 Å². The fraction of sp³-hybridized carbons (Fsp3) is 0.786. The third-order valence-corrected chi connectivity index (χ3v) is 4.52. The second kappa shape index (κ2) is 5.02. The molecule has 1 aromatic heterocycles. The Bertz CT molecular complexity index is 396. The molecule has 2 rings (SSSR count). The molecule has 0 amide bonds. The van der Waals surface area contributed by atoms with Crippen LogP contribution in [0.2, 0.25) is 0 Å². The highest BCUT2D eigenvalue weighted by Crippen LogP contribution is 2.33. The Kier molecular flexibility index (Phi) is 3.78. The Morgan fingerprint density at radius 3 is 2.78 bits per heavy atom. The highest BCUT2D eigenvalue weighted by molar-refractivity contribution is 5.06. The van der Waals surface area contributed by atoms with E-state index in [1.165, 1.54) is 13.0 Å². The fourth-order valence-electron chi connectivity index (χ4n) is 2.89. The van der Waals surface area contributed by atoms with Crippen molar-refractivity contribution in [1.29, 1.82) is 0 Å². The van der Waals surface area contributed by atoms with E-state index in [4.69, 9.17) is 0 Å². The fourth-order valence-corrected chi connectivity index (χ4v) is 2.89. The van der Waals surface area contributed by atoms with Gasteiger partial charge >= 0.3 is 0 Å². The van der Waals surface area contributed by atoms with Gasteiger partial charge < -0.3 is 9.80 Å². The summed E-state index contributed by atoms with van der Waals surface area (Å²) in [6.45, 7) is 10.1. The second-order valence-corrected chi connectivity index (χ2v) is 6.30. The van der Waals surface area contributed by atoms with Gasteiger partial charge in [0.25, 0.3) is 0 Å². The quantitative estimate of drug-likeness (QED) is 0.886. The normalized spacial score (nSPS) is 24.0. The molecule has 1 unspecified atom stereocenters. The van der Waals surface area contributed by atoms with Gasteiger partial charge in [-0.15, -0.1) is 0 Å². The Balaban J connectivity index is 1.90. The van der Waals surface area contributed by atoms with Gasteiger partial charge in [-0.25, -0.2) is 0 Å². The SMILES string of the molecule is Cc1cc(CN(C)CC2CCN(C)C2(C)C)n[nH]1. The summed E-state index contributed by atoms with van der Waals surface area (Å²) in [5.74, 6) is 0.743. The zero-order chi connectivity index (χ0) is 13.3. The number of aromatic amines is 1. The van der Waals surface area contributed by atoms with Crippen molar-refractivity contribution in [1.82, 2.24) is 20.0 Å². The van der Waals surface area contributed by atoms with E-state index in [9.17, 15) is 0 Å². The van der Waals surface area contributed by atoms with Gasteiger partial charge in [0.1, 0.15) is 0 Å². The summed E-state index contributed by atoms with van der Waals surface area (Å²) in [5, 5.41) is 7.31. The molecule has 1 aromatic rings. The first kappa shape index (κ1) is 13.6. The highest BCUT2D eigenvalue weighted by Gasteiger charge is 2.39. The third-order valence-electron chi connectivity index (χ3n) is 4.52. The van der Waals surface area contributed by atoms with Crippen LogP contribution in [0.25, 0.3) is 0 Å². The molecule has 4 nitrogen and oxygen atoms in total. The van der Waals surface area contributed by atoms with E-state index < -0.39 is 0 Å². The molecule has 1 aliphatic heterocycles. The van der Waals surface area contributed by atoms with Crippen molar-refractivity contribution in [3.63, 3.8) is 0 Å². The average molecular weight is 250 g/mol. The number of nitrogens with one attached hydrogen (secondary N) is 1. The molecule has 18 heavy (non-hydrogen) atoms.